The summed E-state index contributed by atoms with van der Waals surface area (Å²) in [7, 11) is 0. The van der Waals surface area contributed by atoms with Crippen LogP contribution in [0.5, 0.6) is 0 Å². The second kappa shape index (κ2) is 9.47. The first-order valence-electron chi connectivity index (χ1n) is 6.50. The minimum atomic E-state index is 0.300. The first-order valence-corrected chi connectivity index (χ1v) is 6.94. The molecule has 0 aromatic heterocycles. The Morgan fingerprint density at radius 2 is 1.67 bits per heavy atom. The molecule has 0 saturated carbocycles. The fraction of sp³-hybridized carbons (Fsp3) is 1.00. The Kier molecular flexibility index (Phi) is 9.63. The Labute approximate surface area is 101 Å². The zero-order chi connectivity index (χ0) is 11.7. The predicted molar refractivity (Wildman–Crippen MR) is 70.7 cm³/mol. The van der Waals surface area contributed by atoms with Crippen LogP contribution in [0.4, 0.5) is 0 Å². The first-order chi connectivity index (χ1) is 7.15. The fourth-order valence-electron chi connectivity index (χ4n) is 2.03. The van der Waals surface area contributed by atoms with Crippen molar-refractivity contribution in [2.75, 3.05) is 13.1 Å². The molecule has 0 bridgehead atoms. The molecule has 0 aliphatic heterocycles. The summed E-state index contributed by atoms with van der Waals surface area (Å²) in [4.78, 5) is 0. The Hall–Kier alpha value is 0.250. The molecule has 0 fully saturated rings. The average Bonchev–Trinajstić information content (AvgIpc) is 2.20. The minimum absolute atomic E-state index is 0.300. The van der Waals surface area contributed by atoms with Crippen LogP contribution in [0.1, 0.15) is 53.4 Å². The van der Waals surface area contributed by atoms with Gasteiger partial charge in [0.25, 0.3) is 0 Å². The molecule has 0 heterocycles. The van der Waals surface area contributed by atoms with E-state index in [4.69, 9.17) is 11.6 Å². The summed E-state index contributed by atoms with van der Waals surface area (Å²) in [5, 5.41) is 3.79. The normalized spacial score (nSPS) is 15.6. The lowest BCUT2D eigenvalue weighted by Gasteiger charge is -2.20. The topological polar surface area (TPSA) is 12.0 Å². The summed E-state index contributed by atoms with van der Waals surface area (Å²) < 4.78 is 0. The van der Waals surface area contributed by atoms with Gasteiger partial charge < -0.3 is 5.32 Å². The molecule has 1 N–H and O–H groups in total. The van der Waals surface area contributed by atoms with Crippen molar-refractivity contribution in [3.8, 4) is 0 Å². The van der Waals surface area contributed by atoms with Gasteiger partial charge in [-0.2, -0.15) is 0 Å². The summed E-state index contributed by atoms with van der Waals surface area (Å²) in [6.07, 6.45) is 4.97. The highest BCUT2D eigenvalue weighted by molar-refractivity contribution is 6.21. The fourth-order valence-corrected chi connectivity index (χ4v) is 2.49. The third-order valence-electron chi connectivity index (χ3n) is 3.17. The molecule has 0 spiro atoms. The van der Waals surface area contributed by atoms with Crippen molar-refractivity contribution in [2.45, 2.75) is 58.8 Å². The van der Waals surface area contributed by atoms with E-state index in [0.29, 0.717) is 11.3 Å². The van der Waals surface area contributed by atoms with Gasteiger partial charge in [-0.15, -0.1) is 11.6 Å². The maximum atomic E-state index is 6.35. The monoisotopic (exact) mass is 233 g/mol. The highest BCUT2D eigenvalue weighted by Crippen LogP contribution is 2.17. The lowest BCUT2D eigenvalue weighted by Crippen LogP contribution is -2.31. The molecule has 0 aromatic rings. The largest absolute Gasteiger partial charge is 0.315 e. The molecule has 15 heavy (non-hydrogen) atoms. The maximum absolute atomic E-state index is 6.35. The Bertz CT molecular complexity index is 134. The molecular formula is C13H28ClN. The first kappa shape index (κ1) is 15.2. The van der Waals surface area contributed by atoms with Gasteiger partial charge in [-0.1, -0.05) is 47.0 Å². The summed E-state index contributed by atoms with van der Waals surface area (Å²) >= 11 is 6.35. The number of halogens is 1. The number of alkyl halides is 1. The summed E-state index contributed by atoms with van der Waals surface area (Å²) in [6, 6.07) is 0. The van der Waals surface area contributed by atoms with E-state index in [2.05, 4.69) is 33.0 Å². The smallest absolute Gasteiger partial charge is 0.0488 e. The van der Waals surface area contributed by atoms with E-state index in [9.17, 15) is 0 Å². The van der Waals surface area contributed by atoms with Crippen LogP contribution in [0.2, 0.25) is 0 Å². The van der Waals surface area contributed by atoms with Crippen molar-refractivity contribution in [1.29, 1.82) is 0 Å². The minimum Gasteiger partial charge on any atom is -0.315 e. The highest BCUT2D eigenvalue weighted by atomic mass is 35.5. The Morgan fingerprint density at radius 1 is 1.07 bits per heavy atom. The van der Waals surface area contributed by atoms with Crippen LogP contribution in [0, 0.1) is 11.8 Å². The lowest BCUT2D eigenvalue weighted by molar-refractivity contribution is 0.420. The molecule has 2 heteroatoms. The second-order valence-corrected chi connectivity index (χ2v) is 5.21. The van der Waals surface area contributed by atoms with Gasteiger partial charge >= 0.3 is 0 Å². The SMILES string of the molecule is CCCC(C)CNCC(Cl)C(CC)CC. The molecule has 0 amide bonds. The van der Waals surface area contributed by atoms with Gasteiger partial charge in [0.1, 0.15) is 0 Å². The van der Waals surface area contributed by atoms with Crippen LogP contribution in [0.3, 0.4) is 0 Å². The maximum Gasteiger partial charge on any atom is 0.0488 e. The van der Waals surface area contributed by atoms with Gasteiger partial charge in [-0.05, 0) is 24.8 Å². The van der Waals surface area contributed by atoms with Crippen molar-refractivity contribution < 1.29 is 0 Å². The number of rotatable bonds is 9. The van der Waals surface area contributed by atoms with E-state index < -0.39 is 0 Å². The molecule has 2 unspecified atom stereocenters. The van der Waals surface area contributed by atoms with Gasteiger partial charge in [-0.25, -0.2) is 0 Å². The van der Waals surface area contributed by atoms with Crippen LogP contribution < -0.4 is 5.32 Å². The van der Waals surface area contributed by atoms with Crippen LogP contribution in [-0.2, 0) is 0 Å². The zero-order valence-electron chi connectivity index (χ0n) is 10.9. The molecule has 0 saturated heterocycles. The Morgan fingerprint density at radius 3 is 2.13 bits per heavy atom. The number of nitrogens with one attached hydrogen (secondary N) is 1. The molecule has 0 rings (SSSR count). The molecule has 1 nitrogen and oxygen atoms in total. The van der Waals surface area contributed by atoms with E-state index in [0.717, 1.165) is 19.0 Å². The van der Waals surface area contributed by atoms with Gasteiger partial charge in [0.15, 0.2) is 0 Å². The third-order valence-corrected chi connectivity index (χ3v) is 3.68. The van der Waals surface area contributed by atoms with E-state index in [1.165, 1.54) is 25.7 Å². The molecule has 0 aromatic carbocycles. The van der Waals surface area contributed by atoms with Crippen LogP contribution in [0.15, 0.2) is 0 Å². The third kappa shape index (κ3) is 7.19. The molecule has 0 aliphatic rings. The molecule has 0 aliphatic carbocycles. The summed E-state index contributed by atoms with van der Waals surface area (Å²) in [5.74, 6) is 1.45. The Balaban J connectivity index is 3.57. The quantitative estimate of drug-likeness (QED) is 0.593. The second-order valence-electron chi connectivity index (χ2n) is 4.64. The van der Waals surface area contributed by atoms with E-state index in [1.54, 1.807) is 0 Å². The van der Waals surface area contributed by atoms with E-state index >= 15 is 0 Å². The molecule has 92 valence electrons. The molecule has 0 radical (unpaired) electrons. The van der Waals surface area contributed by atoms with Crippen LogP contribution >= 0.6 is 11.6 Å². The van der Waals surface area contributed by atoms with Gasteiger partial charge in [0.05, 0.1) is 0 Å². The van der Waals surface area contributed by atoms with Crippen molar-refractivity contribution >= 4 is 11.6 Å². The van der Waals surface area contributed by atoms with Crippen molar-refractivity contribution in [1.82, 2.24) is 5.32 Å². The number of hydrogen-bond acceptors (Lipinski definition) is 1. The van der Waals surface area contributed by atoms with Crippen molar-refractivity contribution in [3.63, 3.8) is 0 Å². The average molecular weight is 234 g/mol. The zero-order valence-corrected chi connectivity index (χ0v) is 11.6. The molecule has 2 atom stereocenters. The van der Waals surface area contributed by atoms with Gasteiger partial charge in [0, 0.05) is 11.9 Å². The van der Waals surface area contributed by atoms with Gasteiger partial charge in [0.2, 0.25) is 0 Å². The summed E-state index contributed by atoms with van der Waals surface area (Å²) in [5.41, 5.74) is 0. The number of hydrogen-bond donors (Lipinski definition) is 1. The predicted octanol–water partition coefficient (Wildman–Crippen LogP) is 4.06. The summed E-state index contributed by atoms with van der Waals surface area (Å²) in [6.45, 7) is 11.1. The standard InChI is InChI=1S/C13H28ClN/c1-5-8-11(4)9-15-10-13(14)12(6-2)7-3/h11-13,15H,5-10H2,1-4H3. The highest BCUT2D eigenvalue weighted by Gasteiger charge is 2.15. The van der Waals surface area contributed by atoms with Gasteiger partial charge in [-0.3, -0.25) is 0 Å². The molecular weight excluding hydrogens is 206 g/mol. The van der Waals surface area contributed by atoms with E-state index in [1.807, 2.05) is 0 Å². The van der Waals surface area contributed by atoms with Crippen molar-refractivity contribution in [3.05, 3.63) is 0 Å². The lowest BCUT2D eigenvalue weighted by atomic mass is 9.99. The van der Waals surface area contributed by atoms with Crippen LogP contribution in [-0.4, -0.2) is 18.5 Å². The van der Waals surface area contributed by atoms with Crippen molar-refractivity contribution in [2.24, 2.45) is 11.8 Å². The van der Waals surface area contributed by atoms with E-state index in [-0.39, 0.29) is 0 Å². The van der Waals surface area contributed by atoms with Crippen LogP contribution in [0.25, 0.3) is 0 Å².